The van der Waals surface area contributed by atoms with Gasteiger partial charge >= 0.3 is 5.97 Å². The molecule has 8 nitrogen and oxygen atoms in total. The molecule has 0 aromatic heterocycles. The zero-order valence-corrected chi connectivity index (χ0v) is 17.6. The van der Waals surface area contributed by atoms with Crippen LogP contribution in [-0.4, -0.2) is 32.5 Å². The fourth-order valence-electron chi connectivity index (χ4n) is 2.93. The van der Waals surface area contributed by atoms with Crippen LogP contribution in [-0.2, 0) is 10.0 Å². The van der Waals surface area contributed by atoms with E-state index in [1.54, 1.807) is 43.3 Å². The summed E-state index contributed by atoms with van der Waals surface area (Å²) in [6.45, 7) is 1.61. The van der Waals surface area contributed by atoms with Crippen molar-refractivity contribution < 1.29 is 27.9 Å². The summed E-state index contributed by atoms with van der Waals surface area (Å²) in [7, 11) is -2.60. The number of benzene rings is 3. The molecule has 9 heteroatoms. The van der Waals surface area contributed by atoms with Crippen molar-refractivity contribution in [3.05, 3.63) is 83.4 Å². The van der Waals surface area contributed by atoms with E-state index in [1.165, 1.54) is 37.4 Å². The third-order valence-electron chi connectivity index (χ3n) is 4.50. The van der Waals surface area contributed by atoms with Gasteiger partial charge in [-0.15, -0.1) is 0 Å². The summed E-state index contributed by atoms with van der Waals surface area (Å²) in [4.78, 5) is 24.0. The van der Waals surface area contributed by atoms with Crippen molar-refractivity contribution in [3.63, 3.8) is 0 Å². The number of nitrogens with one attached hydrogen (secondary N) is 2. The first-order valence-corrected chi connectivity index (χ1v) is 10.6. The number of rotatable bonds is 7. The SMILES string of the molecule is COc1ccccc1NS(=O)(=O)c1cc(C(=O)Nc2ccccc2C(=O)O)ccc1C. The number of aromatic carboxylic acids is 1. The Morgan fingerprint density at radius 3 is 2.26 bits per heavy atom. The number of hydrogen-bond donors (Lipinski definition) is 3. The lowest BCUT2D eigenvalue weighted by Crippen LogP contribution is -2.18. The Bertz CT molecular complexity index is 1250. The fourth-order valence-corrected chi connectivity index (χ4v) is 4.27. The quantitative estimate of drug-likeness (QED) is 0.514. The van der Waals surface area contributed by atoms with Crippen LogP contribution in [0.25, 0.3) is 0 Å². The number of aryl methyl sites for hydroxylation is 1. The highest BCUT2D eigenvalue weighted by molar-refractivity contribution is 7.92. The molecule has 0 saturated carbocycles. The average Bonchev–Trinajstić information content (AvgIpc) is 2.74. The number of carbonyl (C=O) groups excluding carboxylic acids is 1. The first-order valence-electron chi connectivity index (χ1n) is 9.13. The van der Waals surface area contributed by atoms with Gasteiger partial charge in [0.15, 0.2) is 0 Å². The Morgan fingerprint density at radius 1 is 0.935 bits per heavy atom. The molecule has 0 radical (unpaired) electrons. The van der Waals surface area contributed by atoms with Crippen molar-refractivity contribution in [1.82, 2.24) is 0 Å². The minimum Gasteiger partial charge on any atom is -0.495 e. The van der Waals surface area contributed by atoms with Crippen LogP contribution >= 0.6 is 0 Å². The van der Waals surface area contributed by atoms with E-state index < -0.39 is 21.9 Å². The lowest BCUT2D eigenvalue weighted by atomic mass is 10.1. The van der Waals surface area contributed by atoms with Gasteiger partial charge in [-0.2, -0.15) is 0 Å². The van der Waals surface area contributed by atoms with E-state index in [0.29, 0.717) is 11.3 Å². The summed E-state index contributed by atoms with van der Waals surface area (Å²) < 4.78 is 33.6. The van der Waals surface area contributed by atoms with Crippen molar-refractivity contribution in [1.29, 1.82) is 0 Å². The predicted octanol–water partition coefficient (Wildman–Crippen LogP) is 3.75. The molecule has 3 N–H and O–H groups in total. The molecule has 3 aromatic carbocycles. The molecule has 0 unspecified atom stereocenters. The second-order valence-corrected chi connectivity index (χ2v) is 8.24. The molecule has 0 aliphatic carbocycles. The van der Waals surface area contributed by atoms with Crippen molar-refractivity contribution in [2.45, 2.75) is 11.8 Å². The van der Waals surface area contributed by atoms with Gasteiger partial charge in [-0.05, 0) is 48.9 Å². The Kier molecular flexibility index (Phi) is 6.26. The van der Waals surface area contributed by atoms with Crippen LogP contribution in [0.1, 0.15) is 26.3 Å². The smallest absolute Gasteiger partial charge is 0.337 e. The van der Waals surface area contributed by atoms with Crippen molar-refractivity contribution in [2.24, 2.45) is 0 Å². The fraction of sp³-hybridized carbons (Fsp3) is 0.0909. The number of sulfonamides is 1. The predicted molar refractivity (Wildman–Crippen MR) is 116 cm³/mol. The van der Waals surface area contributed by atoms with Crippen LogP contribution in [0.15, 0.2) is 71.6 Å². The molecule has 3 aromatic rings. The maximum Gasteiger partial charge on any atom is 0.337 e. The van der Waals surface area contributed by atoms with Gasteiger partial charge in [-0.3, -0.25) is 9.52 Å². The molecular weight excluding hydrogens is 420 g/mol. The van der Waals surface area contributed by atoms with E-state index in [9.17, 15) is 23.1 Å². The Morgan fingerprint density at radius 2 is 1.58 bits per heavy atom. The summed E-state index contributed by atoms with van der Waals surface area (Å²) in [6, 6.07) is 16.7. The number of anilines is 2. The lowest BCUT2D eigenvalue weighted by molar-refractivity contribution is 0.0698. The van der Waals surface area contributed by atoms with E-state index in [4.69, 9.17) is 4.74 Å². The molecule has 0 fully saturated rings. The van der Waals surface area contributed by atoms with Gasteiger partial charge in [-0.25, -0.2) is 13.2 Å². The Labute approximate surface area is 179 Å². The van der Waals surface area contributed by atoms with Gasteiger partial charge < -0.3 is 15.2 Å². The molecule has 160 valence electrons. The summed E-state index contributed by atoms with van der Waals surface area (Å²) in [6.07, 6.45) is 0. The molecule has 0 atom stereocenters. The molecular formula is C22H20N2O6S. The molecule has 0 saturated heterocycles. The Hall–Kier alpha value is -3.85. The van der Waals surface area contributed by atoms with E-state index in [2.05, 4.69) is 10.0 Å². The van der Waals surface area contributed by atoms with E-state index >= 15 is 0 Å². The molecule has 31 heavy (non-hydrogen) atoms. The molecule has 0 aliphatic heterocycles. The highest BCUT2D eigenvalue weighted by Gasteiger charge is 2.21. The summed E-state index contributed by atoms with van der Waals surface area (Å²) >= 11 is 0. The molecule has 0 spiro atoms. The third-order valence-corrected chi connectivity index (χ3v) is 6.00. The molecule has 0 bridgehead atoms. The van der Waals surface area contributed by atoms with E-state index in [1.807, 2.05) is 0 Å². The number of methoxy groups -OCH3 is 1. The van der Waals surface area contributed by atoms with Crippen LogP contribution in [0.2, 0.25) is 0 Å². The van der Waals surface area contributed by atoms with Crippen LogP contribution in [0, 0.1) is 6.92 Å². The van der Waals surface area contributed by atoms with Crippen LogP contribution in [0.4, 0.5) is 11.4 Å². The van der Waals surface area contributed by atoms with Gasteiger partial charge in [-0.1, -0.05) is 30.3 Å². The first kappa shape index (κ1) is 21.8. The minimum absolute atomic E-state index is 0.0613. The zero-order chi connectivity index (χ0) is 22.6. The van der Waals surface area contributed by atoms with Gasteiger partial charge in [0.25, 0.3) is 15.9 Å². The largest absolute Gasteiger partial charge is 0.495 e. The number of para-hydroxylation sites is 3. The van der Waals surface area contributed by atoms with E-state index in [-0.39, 0.29) is 27.4 Å². The van der Waals surface area contributed by atoms with Crippen molar-refractivity contribution >= 4 is 33.3 Å². The van der Waals surface area contributed by atoms with Crippen molar-refractivity contribution in [3.8, 4) is 5.75 Å². The summed E-state index contributed by atoms with van der Waals surface area (Å²) in [5.74, 6) is -1.48. The van der Waals surface area contributed by atoms with Crippen LogP contribution in [0.3, 0.4) is 0 Å². The molecule has 0 aliphatic rings. The zero-order valence-electron chi connectivity index (χ0n) is 16.7. The van der Waals surface area contributed by atoms with Gasteiger partial charge in [0.1, 0.15) is 5.75 Å². The monoisotopic (exact) mass is 440 g/mol. The topological polar surface area (TPSA) is 122 Å². The highest BCUT2D eigenvalue weighted by Crippen LogP contribution is 2.28. The van der Waals surface area contributed by atoms with E-state index in [0.717, 1.165) is 0 Å². The maximum absolute atomic E-state index is 13.0. The van der Waals surface area contributed by atoms with Gasteiger partial charge in [0.05, 0.1) is 28.9 Å². The summed E-state index contributed by atoms with van der Waals surface area (Å²) in [5, 5.41) is 11.8. The standard InChI is InChI=1S/C22H20N2O6S/c1-14-11-12-15(21(25)23-17-8-4-3-7-16(17)22(26)27)13-20(14)31(28,29)24-18-9-5-6-10-19(18)30-2/h3-13,24H,1-2H3,(H,23,25)(H,26,27). The van der Waals surface area contributed by atoms with Crippen LogP contribution in [0.5, 0.6) is 5.75 Å². The van der Waals surface area contributed by atoms with Crippen LogP contribution < -0.4 is 14.8 Å². The summed E-state index contributed by atoms with van der Waals surface area (Å²) in [5.41, 5.74) is 0.788. The highest BCUT2D eigenvalue weighted by atomic mass is 32.2. The lowest BCUT2D eigenvalue weighted by Gasteiger charge is -2.14. The average molecular weight is 440 g/mol. The molecule has 3 rings (SSSR count). The van der Waals surface area contributed by atoms with Gasteiger partial charge in [0, 0.05) is 5.56 Å². The number of carbonyl (C=O) groups is 2. The molecule has 1 amide bonds. The minimum atomic E-state index is -4.03. The maximum atomic E-state index is 13.0. The second-order valence-electron chi connectivity index (χ2n) is 6.59. The second kappa shape index (κ2) is 8.88. The van der Waals surface area contributed by atoms with Crippen molar-refractivity contribution in [2.75, 3.05) is 17.1 Å². The number of carboxylic acid groups (broad SMARTS) is 1. The Balaban J connectivity index is 1.93. The number of carboxylic acids is 1. The normalized spacial score (nSPS) is 10.9. The number of ether oxygens (including phenoxy) is 1. The third kappa shape index (κ3) is 4.84. The van der Waals surface area contributed by atoms with Gasteiger partial charge in [0.2, 0.25) is 0 Å². The number of hydrogen-bond acceptors (Lipinski definition) is 5. The molecule has 0 heterocycles. The first-order chi connectivity index (χ1) is 14.7. The number of amides is 1.